The molecule has 5 atom stereocenters. The number of fused-ring (bicyclic) bond motifs is 2. The molecular formula is C73H85BrClF17K2N16O10. The van der Waals surface area contributed by atoms with E-state index in [1.165, 1.54) is 80.6 Å². The molecule has 1 amide bonds. The van der Waals surface area contributed by atoms with Gasteiger partial charge in [0, 0.05) is 37.9 Å². The van der Waals surface area contributed by atoms with E-state index in [0.717, 1.165) is 83.0 Å². The van der Waals surface area contributed by atoms with E-state index in [2.05, 4.69) is 66.2 Å². The number of aromatic nitrogens is 14. The summed E-state index contributed by atoms with van der Waals surface area (Å²) in [4.78, 5) is 89.1. The van der Waals surface area contributed by atoms with Crippen molar-refractivity contribution in [3.05, 3.63) is 173 Å². The Labute approximate surface area is 776 Å². The van der Waals surface area contributed by atoms with Crippen molar-refractivity contribution in [2.45, 2.75) is 201 Å². The number of Topliss-reactive ketones (excluding diaryl/α,β-unsaturated/α-hetero) is 1. The molecule has 0 spiro atoms. The number of halogens is 19. The molecule has 2 aliphatic rings. The van der Waals surface area contributed by atoms with Crippen LogP contribution in [0.3, 0.4) is 0 Å². The maximum absolute atomic E-state index is 13.4. The number of ketones is 1. The molecule has 26 nitrogen and oxygen atoms in total. The van der Waals surface area contributed by atoms with Crippen molar-refractivity contribution in [3.8, 4) is 11.4 Å². The zero-order chi connectivity index (χ0) is 89.3. The van der Waals surface area contributed by atoms with Crippen LogP contribution >= 0.6 is 27.5 Å². The second kappa shape index (κ2) is 49.3. The Bertz CT molecular complexity index is 4560. The number of nitrogens with one attached hydrogen (secondary N) is 2. The summed E-state index contributed by atoms with van der Waals surface area (Å²) < 4.78 is 225. The number of hydrogen-bond acceptors (Lipinski definition) is 17. The minimum Gasteiger partial charge on any atom is -1.00 e. The smallest absolute Gasteiger partial charge is 1.00 e. The molecule has 120 heavy (non-hydrogen) atoms. The number of H-pyrrole nitrogens is 1. The van der Waals surface area contributed by atoms with Gasteiger partial charge in [-0.2, -0.15) is 76.1 Å². The number of ether oxygens (including phenoxy) is 1. The molecule has 3 N–H and O–H groups in total. The second-order valence-corrected chi connectivity index (χ2v) is 26.8. The molecule has 0 radical (unpaired) electrons. The van der Waals surface area contributed by atoms with Crippen LogP contribution in [0.15, 0.2) is 91.9 Å². The van der Waals surface area contributed by atoms with Gasteiger partial charge in [0.15, 0.2) is 28.6 Å². The number of carbonyl (C=O) groups excluding carboxylic acids is 5. The van der Waals surface area contributed by atoms with Gasteiger partial charge >= 0.3 is 146 Å². The fraction of sp³-hybridized carbons (Fsp3) is 0.466. The molecule has 652 valence electrons. The number of amides is 1. The summed E-state index contributed by atoms with van der Waals surface area (Å²) in [6.07, 6.45) is -9.37. The predicted octanol–water partition coefficient (Wildman–Crippen LogP) is 10.8. The first kappa shape index (κ1) is 109. The quantitative estimate of drug-likeness (QED) is 0.0105. The maximum Gasteiger partial charge on any atom is 1.00 e. The molecule has 47 heteroatoms. The van der Waals surface area contributed by atoms with E-state index in [0.29, 0.717) is 56.6 Å². The average Bonchev–Trinajstić information content (AvgIpc) is 1.63. The minimum atomic E-state index is -4.58. The fourth-order valence-corrected chi connectivity index (χ4v) is 11.8. The molecule has 0 bridgehead atoms. The van der Waals surface area contributed by atoms with Gasteiger partial charge in [0.1, 0.15) is 69.4 Å². The van der Waals surface area contributed by atoms with Gasteiger partial charge in [0.05, 0.1) is 65.4 Å². The molecule has 0 saturated carbocycles. The first-order valence-electron chi connectivity index (χ1n) is 35.8. The second-order valence-electron chi connectivity index (χ2n) is 25.3. The van der Waals surface area contributed by atoms with E-state index in [-0.39, 0.29) is 180 Å². The summed E-state index contributed by atoms with van der Waals surface area (Å²) >= 11 is 8.47. The van der Waals surface area contributed by atoms with Gasteiger partial charge in [0.25, 0.3) is 6.47 Å². The van der Waals surface area contributed by atoms with Crippen molar-refractivity contribution in [1.29, 1.82) is 0 Å². The van der Waals surface area contributed by atoms with Crippen molar-refractivity contribution < 1.29 is 228 Å². The predicted molar refractivity (Wildman–Crippen MR) is 395 cm³/mol. The van der Waals surface area contributed by atoms with E-state index in [4.69, 9.17) is 31.5 Å². The van der Waals surface area contributed by atoms with E-state index in [9.17, 15) is 98.6 Å². The number of anilines is 2. The number of esters is 1. The van der Waals surface area contributed by atoms with Crippen molar-refractivity contribution in [3.63, 3.8) is 0 Å². The van der Waals surface area contributed by atoms with Crippen LogP contribution in [0.2, 0.25) is 0 Å². The van der Waals surface area contributed by atoms with Gasteiger partial charge in [0.2, 0.25) is 11.1 Å². The molecule has 0 saturated heterocycles. The molecule has 9 heterocycles. The van der Waals surface area contributed by atoms with Crippen molar-refractivity contribution >= 4 is 74.2 Å². The van der Waals surface area contributed by atoms with E-state index in [1.54, 1.807) is 74.7 Å². The van der Waals surface area contributed by atoms with E-state index < -0.39 is 94.7 Å². The first-order chi connectivity index (χ1) is 55.0. The molecule has 11 rings (SSSR count). The Morgan fingerprint density at radius 3 is 1.28 bits per heavy atom. The third-order valence-electron chi connectivity index (χ3n) is 17.1. The van der Waals surface area contributed by atoms with Gasteiger partial charge < -0.3 is 54.9 Å². The topological polar surface area (TPSA) is 315 Å². The summed E-state index contributed by atoms with van der Waals surface area (Å²) in [5.74, 6) is -1.63. The Balaban J connectivity index is 0.000000722. The number of aryl methyl sites for hydroxylation is 5. The molecule has 9 aromatic rings. The van der Waals surface area contributed by atoms with Crippen LogP contribution in [0.25, 0.3) is 11.4 Å². The number of carboxylic acids is 1. The van der Waals surface area contributed by atoms with Crippen LogP contribution < -0.4 is 118 Å². The fourth-order valence-electron chi connectivity index (χ4n) is 11.5. The van der Waals surface area contributed by atoms with Gasteiger partial charge in [-0.15, -0.1) is 0 Å². The molecule has 2 aromatic carbocycles. The largest absolute Gasteiger partial charge is 1.00 e. The minimum absolute atomic E-state index is 0. The standard InChI is InChI=1S/C21H21F4N5O.C12H12FN3.C10H13F3N2O.C9H10ClF3N2O.C9H11F3N2O2.C6H11BrO2.C5H5F3N2.CH2O3.2K.H/c1-3-16(29-12-19(21(23,24)25)27-13(29)2)20(31)28-10-4-5-17-18(28)11-26-30(17)15-8-6-14(22)7-9-15;13-9-3-5-10(6-4-9)16-12-2-1-7-14-11(12)8-15-16;1-4-8(6(2)16)15-5-9(10(11,12)13)14-7(15)3;1-3-6(8(10)16)15-4-7(9(11,12)13)14-5(15)2;1-3-6(8(15)16)14-4-7(9(10,11)12)13-5(14)2;1-3-5(7)6(8)9-4-2;1-3-9-2-4(10-3)5(6,7)8;2-1-4-3;;;/h6-9,11-12,16H,3-5,10H2,1-2H3;3-6,8,14H,1-2,7H2;5,8H,4H2,1-3H3;4,6H,3H2,1-2H3;4,6H,3H2,1-2H3,(H,15,16);5H,3-4H2,1-2H3;2H,1H3,(H,9,10);1,3H;;;/q;;;;;;;;2*+1;-1/p-1. The number of hydrogen-bond donors (Lipinski definition) is 3. The number of aromatic amines is 1. The average molecular weight is 1860 g/mol. The molecule has 2 aliphatic heterocycles. The Kier molecular flexibility index (Phi) is 44.7. The van der Waals surface area contributed by atoms with Crippen molar-refractivity contribution in [2.24, 2.45) is 0 Å². The number of carbonyl (C=O) groups is 6. The van der Waals surface area contributed by atoms with Gasteiger partial charge in [-0.05, 0) is 166 Å². The van der Waals surface area contributed by atoms with Crippen molar-refractivity contribution in [2.75, 3.05) is 29.9 Å². The van der Waals surface area contributed by atoms with Gasteiger partial charge in [-0.25, -0.2) is 47.9 Å². The number of imidazole rings is 5. The van der Waals surface area contributed by atoms with E-state index in [1.807, 2.05) is 17.8 Å². The first-order valence-corrected chi connectivity index (χ1v) is 37.0. The summed E-state index contributed by atoms with van der Waals surface area (Å²) in [5.41, 5.74) is 0.428. The van der Waals surface area contributed by atoms with Gasteiger partial charge in [-0.3, -0.25) is 24.0 Å². The normalized spacial score (nSPS) is 13.5. The molecule has 0 fully saturated rings. The summed E-state index contributed by atoms with van der Waals surface area (Å²) in [5, 5.41) is 28.6. The monoisotopic (exact) mass is 1860 g/mol. The zero-order valence-electron chi connectivity index (χ0n) is 68.2. The van der Waals surface area contributed by atoms with Gasteiger partial charge in [-0.1, -0.05) is 50.5 Å². The third-order valence-corrected chi connectivity index (χ3v) is 18.4. The van der Waals surface area contributed by atoms with Crippen LogP contribution in [-0.2, 0) is 82.1 Å². The summed E-state index contributed by atoms with van der Waals surface area (Å²) in [6, 6.07) is 9.09. The summed E-state index contributed by atoms with van der Waals surface area (Å²) in [6.45, 7) is 20.7. The van der Waals surface area contributed by atoms with Crippen LogP contribution in [0.5, 0.6) is 0 Å². The van der Waals surface area contributed by atoms with Crippen LogP contribution in [0, 0.1) is 46.3 Å². The van der Waals surface area contributed by atoms with Crippen molar-refractivity contribution in [1.82, 2.24) is 67.7 Å². The number of alkyl halides is 16. The van der Waals surface area contributed by atoms with Crippen LogP contribution in [0.1, 0.15) is 188 Å². The van der Waals surface area contributed by atoms with Crippen LogP contribution in [-0.4, -0.2) is 133 Å². The Hall–Kier alpha value is -7.26. The van der Waals surface area contributed by atoms with E-state index >= 15 is 0 Å². The maximum atomic E-state index is 13.4. The zero-order valence-corrected chi connectivity index (χ0v) is 75.8. The molecule has 7 aromatic heterocycles. The molecular weight excluding hydrogens is 1780 g/mol. The number of carboxylic acid groups (broad SMARTS) is 1. The number of benzene rings is 2. The Morgan fingerprint density at radius 2 is 0.958 bits per heavy atom. The summed E-state index contributed by atoms with van der Waals surface area (Å²) in [7, 11) is 0. The number of aliphatic carboxylic acids is 1. The Morgan fingerprint density at radius 1 is 0.575 bits per heavy atom. The molecule has 0 aliphatic carbocycles. The number of nitrogens with zero attached hydrogens (tertiary/aromatic N) is 14. The third kappa shape index (κ3) is 31.8. The SMILES string of the molecule is CCC(C(=O)Cl)n1cc(C(F)(F)F)nc1C.CCC(C(=O)N1CCCc2c1cnn2-c1ccc(F)cc1)n1cc(C(F)(F)F)nc1C.CCC(C(=O)O)n1cc(C(F)(F)F)nc1C.CCC(C(C)=O)n1cc(C(F)(F)F)nc1C.CCOC(=O)C(Br)CC.Cc1ncc(C(F)(F)F)[nH]1.Fc1ccc(-n2ncc3c2CCCN3)cc1.O=CO[O-].[H-].[K+].[K+]. The number of rotatable bonds is 18. The molecule has 5 unspecified atom stereocenters. The van der Waals surface area contributed by atoms with Crippen LogP contribution in [0.4, 0.5) is 86.0 Å².